The summed E-state index contributed by atoms with van der Waals surface area (Å²) < 4.78 is 5.62. The lowest BCUT2D eigenvalue weighted by Crippen LogP contribution is -2.11. The molecular weight excluding hydrogens is 250 g/mol. The highest BCUT2D eigenvalue weighted by Gasteiger charge is 2.14. The minimum atomic E-state index is 0.0535. The molecular formula is C17H21NO2. The molecule has 0 bridgehead atoms. The SMILES string of the molecule is CCOc1ccccc1NC(CC)c1ccccc1O. The van der Waals surface area contributed by atoms with E-state index in [0.717, 1.165) is 23.4 Å². The van der Waals surface area contributed by atoms with Crippen LogP contribution in [0.25, 0.3) is 0 Å². The van der Waals surface area contributed by atoms with Crippen molar-refractivity contribution in [3.8, 4) is 11.5 Å². The number of benzene rings is 2. The minimum absolute atomic E-state index is 0.0535. The number of aromatic hydroxyl groups is 1. The Hall–Kier alpha value is -2.16. The van der Waals surface area contributed by atoms with Crippen molar-refractivity contribution in [3.63, 3.8) is 0 Å². The van der Waals surface area contributed by atoms with Crippen molar-refractivity contribution < 1.29 is 9.84 Å². The largest absolute Gasteiger partial charge is 0.508 e. The summed E-state index contributed by atoms with van der Waals surface area (Å²) in [6.45, 7) is 4.69. The minimum Gasteiger partial charge on any atom is -0.508 e. The molecule has 2 rings (SSSR count). The normalized spacial score (nSPS) is 11.9. The van der Waals surface area contributed by atoms with E-state index in [1.807, 2.05) is 49.4 Å². The molecule has 3 nitrogen and oxygen atoms in total. The van der Waals surface area contributed by atoms with Crippen LogP contribution < -0.4 is 10.1 Å². The molecule has 0 aromatic heterocycles. The van der Waals surface area contributed by atoms with E-state index in [1.165, 1.54) is 0 Å². The number of hydrogen-bond acceptors (Lipinski definition) is 3. The predicted molar refractivity (Wildman–Crippen MR) is 82.4 cm³/mol. The van der Waals surface area contributed by atoms with E-state index >= 15 is 0 Å². The second-order valence-electron chi connectivity index (χ2n) is 4.59. The van der Waals surface area contributed by atoms with Gasteiger partial charge in [0.05, 0.1) is 18.3 Å². The molecule has 2 N–H and O–H groups in total. The predicted octanol–water partition coefficient (Wildman–Crippen LogP) is 4.35. The number of phenolic OH excluding ortho intramolecular Hbond substituents is 1. The third-order valence-corrected chi connectivity index (χ3v) is 3.24. The van der Waals surface area contributed by atoms with Gasteiger partial charge >= 0.3 is 0 Å². The van der Waals surface area contributed by atoms with Crippen LogP contribution in [-0.2, 0) is 0 Å². The molecule has 1 atom stereocenters. The lowest BCUT2D eigenvalue weighted by Gasteiger charge is -2.21. The van der Waals surface area contributed by atoms with Gasteiger partial charge in [-0.2, -0.15) is 0 Å². The zero-order valence-corrected chi connectivity index (χ0v) is 12.0. The number of ether oxygens (including phenoxy) is 1. The van der Waals surface area contributed by atoms with Crippen LogP contribution in [0.4, 0.5) is 5.69 Å². The molecule has 0 heterocycles. The van der Waals surface area contributed by atoms with Gasteiger partial charge in [0.1, 0.15) is 11.5 Å². The number of para-hydroxylation sites is 3. The Balaban J connectivity index is 2.25. The van der Waals surface area contributed by atoms with E-state index in [9.17, 15) is 5.11 Å². The molecule has 1 unspecified atom stereocenters. The lowest BCUT2D eigenvalue weighted by atomic mass is 10.0. The van der Waals surface area contributed by atoms with Gasteiger partial charge in [-0.05, 0) is 31.5 Å². The first-order valence-electron chi connectivity index (χ1n) is 7.02. The highest BCUT2D eigenvalue weighted by molar-refractivity contribution is 5.58. The van der Waals surface area contributed by atoms with Gasteiger partial charge in [-0.1, -0.05) is 37.3 Å². The number of rotatable bonds is 6. The summed E-state index contributed by atoms with van der Waals surface area (Å²) in [6.07, 6.45) is 0.873. The smallest absolute Gasteiger partial charge is 0.142 e. The Bertz CT molecular complexity index is 554. The summed E-state index contributed by atoms with van der Waals surface area (Å²) in [4.78, 5) is 0. The van der Waals surface area contributed by atoms with E-state index < -0.39 is 0 Å². The van der Waals surface area contributed by atoms with E-state index in [0.29, 0.717) is 12.4 Å². The van der Waals surface area contributed by atoms with Crippen molar-refractivity contribution in [3.05, 3.63) is 54.1 Å². The second-order valence-corrected chi connectivity index (χ2v) is 4.59. The summed E-state index contributed by atoms with van der Waals surface area (Å²) in [7, 11) is 0. The number of anilines is 1. The molecule has 0 amide bonds. The first-order valence-corrected chi connectivity index (χ1v) is 7.02. The third kappa shape index (κ3) is 3.23. The van der Waals surface area contributed by atoms with Gasteiger partial charge in [0.15, 0.2) is 0 Å². The zero-order chi connectivity index (χ0) is 14.4. The fraction of sp³-hybridized carbons (Fsp3) is 0.294. The molecule has 0 fully saturated rings. The fourth-order valence-corrected chi connectivity index (χ4v) is 2.24. The zero-order valence-electron chi connectivity index (χ0n) is 12.0. The van der Waals surface area contributed by atoms with Crippen molar-refractivity contribution in [1.82, 2.24) is 0 Å². The highest BCUT2D eigenvalue weighted by Crippen LogP contribution is 2.32. The molecule has 0 spiro atoms. The van der Waals surface area contributed by atoms with Crippen LogP contribution >= 0.6 is 0 Å². The van der Waals surface area contributed by atoms with E-state index in [4.69, 9.17) is 4.74 Å². The average Bonchev–Trinajstić information content (AvgIpc) is 2.47. The van der Waals surface area contributed by atoms with Gasteiger partial charge in [-0.15, -0.1) is 0 Å². The maximum absolute atomic E-state index is 9.99. The van der Waals surface area contributed by atoms with E-state index in [1.54, 1.807) is 6.07 Å². The Kier molecular flexibility index (Phi) is 4.88. The Morgan fingerprint density at radius 3 is 2.45 bits per heavy atom. The maximum Gasteiger partial charge on any atom is 0.142 e. The molecule has 20 heavy (non-hydrogen) atoms. The topological polar surface area (TPSA) is 41.5 Å². The fourth-order valence-electron chi connectivity index (χ4n) is 2.24. The molecule has 0 saturated heterocycles. The number of phenols is 1. The van der Waals surface area contributed by atoms with Crippen molar-refractivity contribution in [2.45, 2.75) is 26.3 Å². The molecule has 0 aliphatic carbocycles. The Labute approximate surface area is 120 Å². The Morgan fingerprint density at radius 1 is 1.05 bits per heavy atom. The molecule has 0 aliphatic rings. The van der Waals surface area contributed by atoms with Crippen LogP contribution in [0.2, 0.25) is 0 Å². The molecule has 0 saturated carbocycles. The van der Waals surface area contributed by atoms with E-state index in [2.05, 4.69) is 12.2 Å². The molecule has 3 heteroatoms. The van der Waals surface area contributed by atoms with Gasteiger partial charge in [-0.3, -0.25) is 0 Å². The summed E-state index contributed by atoms with van der Waals surface area (Å²) in [5.74, 6) is 1.16. The molecule has 106 valence electrons. The van der Waals surface area contributed by atoms with Crippen molar-refractivity contribution in [2.24, 2.45) is 0 Å². The van der Waals surface area contributed by atoms with Crippen LogP contribution in [0.5, 0.6) is 11.5 Å². The molecule has 2 aromatic rings. The number of hydrogen-bond donors (Lipinski definition) is 2. The van der Waals surface area contributed by atoms with Gasteiger partial charge in [0.2, 0.25) is 0 Å². The van der Waals surface area contributed by atoms with Crippen molar-refractivity contribution in [2.75, 3.05) is 11.9 Å². The van der Waals surface area contributed by atoms with Crippen molar-refractivity contribution in [1.29, 1.82) is 0 Å². The quantitative estimate of drug-likeness (QED) is 0.820. The van der Waals surface area contributed by atoms with Crippen molar-refractivity contribution >= 4 is 5.69 Å². The maximum atomic E-state index is 9.99. The molecule has 0 radical (unpaired) electrons. The summed E-state index contributed by atoms with van der Waals surface area (Å²) in [5, 5.41) is 13.4. The van der Waals surface area contributed by atoms with Gasteiger partial charge in [0, 0.05) is 5.56 Å². The van der Waals surface area contributed by atoms with Crippen LogP contribution in [0.15, 0.2) is 48.5 Å². The van der Waals surface area contributed by atoms with Crippen LogP contribution in [0.3, 0.4) is 0 Å². The Morgan fingerprint density at radius 2 is 1.75 bits per heavy atom. The van der Waals surface area contributed by atoms with Gasteiger partial charge in [-0.25, -0.2) is 0 Å². The van der Waals surface area contributed by atoms with Crippen LogP contribution in [0.1, 0.15) is 31.9 Å². The lowest BCUT2D eigenvalue weighted by molar-refractivity contribution is 0.341. The van der Waals surface area contributed by atoms with Crippen LogP contribution in [-0.4, -0.2) is 11.7 Å². The average molecular weight is 271 g/mol. The summed E-state index contributed by atoms with van der Waals surface area (Å²) in [6, 6.07) is 15.4. The van der Waals surface area contributed by atoms with Crippen LogP contribution in [0, 0.1) is 0 Å². The second kappa shape index (κ2) is 6.85. The third-order valence-electron chi connectivity index (χ3n) is 3.24. The highest BCUT2D eigenvalue weighted by atomic mass is 16.5. The summed E-state index contributed by atoms with van der Waals surface area (Å²) >= 11 is 0. The molecule has 2 aromatic carbocycles. The van der Waals surface area contributed by atoms with Gasteiger partial charge in [0.25, 0.3) is 0 Å². The first kappa shape index (κ1) is 14.3. The number of nitrogens with one attached hydrogen (secondary N) is 1. The summed E-state index contributed by atoms with van der Waals surface area (Å²) in [5.41, 5.74) is 1.85. The van der Waals surface area contributed by atoms with Gasteiger partial charge < -0.3 is 15.2 Å². The molecule has 0 aliphatic heterocycles. The van der Waals surface area contributed by atoms with E-state index in [-0.39, 0.29) is 6.04 Å². The standard InChI is InChI=1S/C17H21NO2/c1-3-14(13-9-5-7-11-16(13)19)18-15-10-6-8-12-17(15)20-4-2/h5-12,14,18-19H,3-4H2,1-2H3. The first-order chi connectivity index (χ1) is 9.76. The monoisotopic (exact) mass is 271 g/mol.